The molecule has 10 heteroatoms. The topological polar surface area (TPSA) is 109 Å². The summed E-state index contributed by atoms with van der Waals surface area (Å²) < 4.78 is 37.2. The van der Waals surface area contributed by atoms with Crippen LogP contribution in [0.5, 0.6) is 0 Å². The second-order valence-electron chi connectivity index (χ2n) is 7.74. The predicted octanol–water partition coefficient (Wildman–Crippen LogP) is 3.63. The smallest absolute Gasteiger partial charge is 0.252 e. The Labute approximate surface area is 193 Å². The van der Waals surface area contributed by atoms with Gasteiger partial charge in [0.1, 0.15) is 15.9 Å². The Morgan fingerprint density at radius 1 is 1.03 bits per heavy atom. The van der Waals surface area contributed by atoms with E-state index in [-0.39, 0.29) is 23.5 Å². The van der Waals surface area contributed by atoms with Crippen molar-refractivity contribution in [1.29, 1.82) is 0 Å². The van der Waals surface area contributed by atoms with Crippen molar-refractivity contribution in [2.24, 2.45) is 0 Å². The summed E-state index contributed by atoms with van der Waals surface area (Å²) in [4.78, 5) is 19.9. The highest BCUT2D eigenvalue weighted by molar-refractivity contribution is 7.89. The number of nitrogens with one attached hydrogen (secondary N) is 1. The molecule has 0 saturated carbocycles. The first-order valence-electron chi connectivity index (χ1n) is 10.1. The van der Waals surface area contributed by atoms with E-state index in [2.05, 4.69) is 18.7 Å². The van der Waals surface area contributed by atoms with Crippen LogP contribution in [0.4, 0.5) is 0 Å². The van der Waals surface area contributed by atoms with Crippen molar-refractivity contribution in [2.45, 2.75) is 24.9 Å². The summed E-state index contributed by atoms with van der Waals surface area (Å²) in [6.45, 7) is 1.89. The van der Waals surface area contributed by atoms with E-state index in [1.807, 2.05) is 25.1 Å². The van der Waals surface area contributed by atoms with Crippen molar-refractivity contribution in [3.8, 4) is 0 Å². The first kappa shape index (κ1) is 21.4. The number of rotatable bonds is 6. The Hall–Kier alpha value is -3.47. The fourth-order valence-electron chi connectivity index (χ4n) is 3.72. The van der Waals surface area contributed by atoms with Gasteiger partial charge in [-0.3, -0.25) is 9.78 Å². The minimum absolute atomic E-state index is 0.0511. The van der Waals surface area contributed by atoms with Crippen LogP contribution in [-0.2, 0) is 23.1 Å². The quantitative estimate of drug-likeness (QED) is 0.400. The van der Waals surface area contributed by atoms with E-state index in [1.54, 1.807) is 42.7 Å². The number of sulfonamides is 1. The number of fused-ring (bicyclic) bond motifs is 2. The lowest BCUT2D eigenvalue weighted by molar-refractivity contribution is 0.400. The summed E-state index contributed by atoms with van der Waals surface area (Å²) in [6.07, 6.45) is 3.24. The first-order chi connectivity index (χ1) is 15.9. The summed E-state index contributed by atoms with van der Waals surface area (Å²) in [7, 11) is -4.01. The molecule has 5 rings (SSSR count). The summed E-state index contributed by atoms with van der Waals surface area (Å²) in [6, 6.07) is 15.9. The number of hydrogen-bond acceptors (Lipinski definition) is 7. The molecule has 0 fully saturated rings. The van der Waals surface area contributed by atoms with Gasteiger partial charge >= 0.3 is 0 Å². The molecule has 8 nitrogen and oxygen atoms in total. The standard InChI is InChI=1S/C23H19N5O3S2/c1-15-7-8-17-11-18(23(29)25-20(17)10-15)14-28(13-16-4-3-9-24-12-16)33(30,31)21-6-2-5-19-22(21)27-32-26-19/h2-12H,13-14H2,1H3,(H,25,29). The molecule has 5 aromatic rings. The van der Waals surface area contributed by atoms with Gasteiger partial charge in [0.15, 0.2) is 0 Å². The average Bonchev–Trinajstić information content (AvgIpc) is 3.29. The zero-order valence-corrected chi connectivity index (χ0v) is 19.2. The summed E-state index contributed by atoms with van der Waals surface area (Å²) in [5, 5.41) is 0.833. The lowest BCUT2D eigenvalue weighted by Gasteiger charge is -2.22. The second-order valence-corrected chi connectivity index (χ2v) is 10.2. The molecule has 0 amide bonds. The van der Waals surface area contributed by atoms with Crippen LogP contribution in [0.25, 0.3) is 21.9 Å². The molecule has 33 heavy (non-hydrogen) atoms. The highest BCUT2D eigenvalue weighted by Crippen LogP contribution is 2.27. The number of benzene rings is 2. The molecule has 0 bridgehead atoms. The van der Waals surface area contributed by atoms with Crippen LogP contribution < -0.4 is 5.56 Å². The van der Waals surface area contributed by atoms with Crippen molar-refractivity contribution < 1.29 is 8.42 Å². The third-order valence-corrected chi connectivity index (χ3v) is 7.74. The molecule has 0 radical (unpaired) electrons. The molecule has 0 aliphatic carbocycles. The second kappa shape index (κ2) is 8.47. The first-order valence-corrected chi connectivity index (χ1v) is 12.3. The maximum Gasteiger partial charge on any atom is 0.252 e. The molecule has 1 N–H and O–H groups in total. The van der Waals surface area contributed by atoms with Gasteiger partial charge < -0.3 is 4.98 Å². The van der Waals surface area contributed by atoms with Crippen LogP contribution in [0.3, 0.4) is 0 Å². The van der Waals surface area contributed by atoms with Gasteiger partial charge in [-0.05, 0) is 53.8 Å². The van der Waals surface area contributed by atoms with Crippen molar-refractivity contribution in [2.75, 3.05) is 0 Å². The van der Waals surface area contributed by atoms with Crippen molar-refractivity contribution >= 4 is 43.7 Å². The Kier molecular flexibility index (Phi) is 5.49. The maximum atomic E-state index is 13.8. The van der Waals surface area contributed by atoms with Gasteiger partial charge in [0.2, 0.25) is 10.0 Å². The van der Waals surface area contributed by atoms with Gasteiger partial charge in [0.25, 0.3) is 5.56 Å². The number of nitrogens with zero attached hydrogens (tertiary/aromatic N) is 4. The minimum atomic E-state index is -4.01. The molecular weight excluding hydrogens is 458 g/mol. The SMILES string of the molecule is Cc1ccc2cc(CN(Cc3cccnc3)S(=O)(=O)c3cccc4nsnc34)c(=O)[nH]c2c1. The van der Waals surface area contributed by atoms with Gasteiger partial charge in [-0.25, -0.2) is 8.42 Å². The van der Waals surface area contributed by atoms with E-state index in [0.29, 0.717) is 27.7 Å². The number of pyridine rings is 2. The number of aromatic nitrogens is 4. The maximum absolute atomic E-state index is 13.8. The zero-order valence-electron chi connectivity index (χ0n) is 17.6. The molecule has 2 aromatic carbocycles. The molecule has 166 valence electrons. The Morgan fingerprint density at radius 2 is 1.91 bits per heavy atom. The molecule has 0 aliphatic rings. The minimum Gasteiger partial charge on any atom is -0.322 e. The number of hydrogen-bond donors (Lipinski definition) is 1. The normalized spacial score (nSPS) is 12.1. The van der Waals surface area contributed by atoms with Crippen molar-refractivity contribution in [1.82, 2.24) is 23.0 Å². The highest BCUT2D eigenvalue weighted by atomic mass is 32.2. The van der Waals surface area contributed by atoms with Gasteiger partial charge in [-0.2, -0.15) is 13.1 Å². The van der Waals surface area contributed by atoms with Crippen molar-refractivity contribution in [3.63, 3.8) is 0 Å². The van der Waals surface area contributed by atoms with Gasteiger partial charge in [0, 0.05) is 36.6 Å². The fourth-order valence-corrected chi connectivity index (χ4v) is 5.88. The third-order valence-electron chi connectivity index (χ3n) is 5.37. The van der Waals surface area contributed by atoms with E-state index in [1.165, 1.54) is 10.4 Å². The van der Waals surface area contributed by atoms with Crippen LogP contribution in [0.15, 0.2) is 76.7 Å². The van der Waals surface area contributed by atoms with E-state index >= 15 is 0 Å². The molecule has 3 aromatic heterocycles. The number of H-pyrrole nitrogens is 1. The Balaban J connectivity index is 1.61. The predicted molar refractivity (Wildman–Crippen MR) is 127 cm³/mol. The van der Waals surface area contributed by atoms with Crippen LogP contribution in [-0.4, -0.2) is 31.4 Å². The molecule has 0 aliphatic heterocycles. The molecule has 0 atom stereocenters. The van der Waals surface area contributed by atoms with E-state index in [4.69, 9.17) is 0 Å². The van der Waals surface area contributed by atoms with Gasteiger partial charge in [-0.1, -0.05) is 24.3 Å². The van der Waals surface area contributed by atoms with Crippen molar-refractivity contribution in [3.05, 3.63) is 94.0 Å². The molecule has 0 unspecified atom stereocenters. The van der Waals surface area contributed by atoms with Crippen LogP contribution in [0.1, 0.15) is 16.7 Å². The summed E-state index contributed by atoms with van der Waals surface area (Å²) in [5.74, 6) is 0. The fraction of sp³-hybridized carbons (Fsp3) is 0.130. The average molecular weight is 478 g/mol. The van der Waals surface area contributed by atoms with Crippen LogP contribution in [0.2, 0.25) is 0 Å². The highest BCUT2D eigenvalue weighted by Gasteiger charge is 2.29. The van der Waals surface area contributed by atoms with Crippen LogP contribution in [0, 0.1) is 6.92 Å². The van der Waals surface area contributed by atoms with Gasteiger partial charge in [-0.15, -0.1) is 0 Å². The Morgan fingerprint density at radius 3 is 2.73 bits per heavy atom. The molecule has 0 saturated heterocycles. The monoisotopic (exact) mass is 477 g/mol. The number of aromatic amines is 1. The summed E-state index contributed by atoms with van der Waals surface area (Å²) >= 11 is 0.960. The largest absolute Gasteiger partial charge is 0.322 e. The lowest BCUT2D eigenvalue weighted by atomic mass is 10.1. The van der Waals surface area contributed by atoms with E-state index < -0.39 is 10.0 Å². The van der Waals surface area contributed by atoms with Crippen LogP contribution >= 0.6 is 11.7 Å². The van der Waals surface area contributed by atoms with E-state index in [9.17, 15) is 13.2 Å². The zero-order chi connectivity index (χ0) is 23.0. The molecule has 3 heterocycles. The van der Waals surface area contributed by atoms with E-state index in [0.717, 1.165) is 22.7 Å². The molecular formula is C23H19N5O3S2. The lowest BCUT2D eigenvalue weighted by Crippen LogP contribution is -2.32. The van der Waals surface area contributed by atoms with Gasteiger partial charge in [0.05, 0.1) is 11.7 Å². The number of aryl methyl sites for hydroxylation is 1. The molecule has 0 spiro atoms. The Bertz CT molecular complexity index is 1630. The third kappa shape index (κ3) is 4.15. The summed E-state index contributed by atoms with van der Waals surface area (Å²) in [5.41, 5.74) is 3.30.